The van der Waals surface area contributed by atoms with E-state index in [1.54, 1.807) is 19.1 Å². The highest BCUT2D eigenvalue weighted by Crippen LogP contribution is 2.22. The topological polar surface area (TPSA) is 95.9 Å². The molecule has 3 N–H and O–H groups in total. The molecule has 0 amide bonds. The quantitative estimate of drug-likeness (QED) is 0.562. The minimum atomic E-state index is -0.985. The average Bonchev–Trinajstić information content (AvgIpc) is 2.65. The summed E-state index contributed by atoms with van der Waals surface area (Å²) in [4.78, 5) is 27.6. The predicted octanol–water partition coefficient (Wildman–Crippen LogP) is 3.65. The van der Waals surface area contributed by atoms with Crippen molar-refractivity contribution >= 4 is 11.9 Å². The van der Waals surface area contributed by atoms with E-state index < -0.39 is 17.9 Å². The molecule has 0 spiro atoms. The molecule has 0 aliphatic heterocycles. The van der Waals surface area contributed by atoms with Gasteiger partial charge in [0.2, 0.25) is 0 Å². The van der Waals surface area contributed by atoms with Gasteiger partial charge in [-0.05, 0) is 36.1 Å². The molecule has 0 bridgehead atoms. The summed E-state index contributed by atoms with van der Waals surface area (Å²) < 4.78 is 0. The van der Waals surface area contributed by atoms with Crippen LogP contribution in [0.4, 0.5) is 0 Å². The molecule has 0 radical (unpaired) electrons. The van der Waals surface area contributed by atoms with Gasteiger partial charge in [-0.3, -0.25) is 9.63 Å². The van der Waals surface area contributed by atoms with Crippen LogP contribution in [0.3, 0.4) is 0 Å². The lowest BCUT2D eigenvalue weighted by atomic mass is 9.96. The Hall–Kier alpha value is -2.70. The zero-order chi connectivity index (χ0) is 18.9. The Morgan fingerprint density at radius 3 is 2.23 bits per heavy atom. The molecular formula is C20H23NO5. The maximum Gasteiger partial charge on any atom is 0.335 e. The molecular weight excluding hydrogens is 334 g/mol. The van der Waals surface area contributed by atoms with Crippen molar-refractivity contribution in [3.05, 3.63) is 71.3 Å². The summed E-state index contributed by atoms with van der Waals surface area (Å²) in [5.74, 6) is -2.29. The number of carboxylic acid groups (broad SMARTS) is 2. The molecule has 6 nitrogen and oxygen atoms in total. The van der Waals surface area contributed by atoms with Crippen LogP contribution in [-0.4, -0.2) is 22.2 Å². The maximum absolute atomic E-state index is 11.1. The SMILES string of the molecule is CC(CCC(NOCc1ccccc1)c1ccc(C(=O)O)cc1)C(=O)O. The second kappa shape index (κ2) is 9.70. The van der Waals surface area contributed by atoms with E-state index in [0.717, 1.165) is 11.1 Å². The third-order valence-corrected chi connectivity index (χ3v) is 4.18. The summed E-state index contributed by atoms with van der Waals surface area (Å²) >= 11 is 0. The fraction of sp³-hybridized carbons (Fsp3) is 0.300. The van der Waals surface area contributed by atoms with Crippen molar-refractivity contribution < 1.29 is 24.6 Å². The fourth-order valence-corrected chi connectivity index (χ4v) is 2.49. The van der Waals surface area contributed by atoms with Crippen LogP contribution in [0.5, 0.6) is 0 Å². The number of rotatable bonds is 10. The van der Waals surface area contributed by atoms with Gasteiger partial charge in [0.1, 0.15) is 0 Å². The first-order valence-corrected chi connectivity index (χ1v) is 8.44. The van der Waals surface area contributed by atoms with E-state index in [0.29, 0.717) is 19.4 Å². The van der Waals surface area contributed by atoms with Gasteiger partial charge in [-0.1, -0.05) is 49.4 Å². The molecule has 2 aromatic rings. The molecule has 0 saturated heterocycles. The van der Waals surface area contributed by atoms with E-state index in [2.05, 4.69) is 5.48 Å². The number of nitrogens with one attached hydrogen (secondary N) is 1. The van der Waals surface area contributed by atoms with E-state index in [1.807, 2.05) is 30.3 Å². The molecule has 0 fully saturated rings. The molecule has 0 aliphatic rings. The van der Waals surface area contributed by atoms with E-state index in [4.69, 9.17) is 15.1 Å². The number of hydroxylamine groups is 1. The van der Waals surface area contributed by atoms with Gasteiger partial charge in [-0.2, -0.15) is 5.48 Å². The summed E-state index contributed by atoms with van der Waals surface area (Å²) in [6, 6.07) is 16.0. The second-order valence-corrected chi connectivity index (χ2v) is 6.19. The lowest BCUT2D eigenvalue weighted by Gasteiger charge is -2.20. The lowest BCUT2D eigenvalue weighted by Crippen LogP contribution is -2.23. The van der Waals surface area contributed by atoms with Gasteiger partial charge in [-0.15, -0.1) is 0 Å². The first-order valence-electron chi connectivity index (χ1n) is 8.44. The van der Waals surface area contributed by atoms with Crippen LogP contribution >= 0.6 is 0 Å². The average molecular weight is 357 g/mol. The third kappa shape index (κ3) is 5.98. The van der Waals surface area contributed by atoms with Crippen LogP contribution in [0.1, 0.15) is 47.3 Å². The lowest BCUT2D eigenvalue weighted by molar-refractivity contribution is -0.141. The van der Waals surface area contributed by atoms with Gasteiger partial charge in [-0.25, -0.2) is 4.79 Å². The van der Waals surface area contributed by atoms with Crippen LogP contribution < -0.4 is 5.48 Å². The zero-order valence-electron chi connectivity index (χ0n) is 14.6. The molecule has 0 heterocycles. The number of carboxylic acids is 2. The van der Waals surface area contributed by atoms with Crippen molar-refractivity contribution in [3.8, 4) is 0 Å². The van der Waals surface area contributed by atoms with Crippen molar-refractivity contribution in [1.29, 1.82) is 0 Å². The molecule has 0 aromatic heterocycles. The number of aliphatic carboxylic acids is 1. The van der Waals surface area contributed by atoms with Gasteiger partial charge in [0.15, 0.2) is 0 Å². The van der Waals surface area contributed by atoms with Crippen LogP contribution in [0.2, 0.25) is 0 Å². The summed E-state index contributed by atoms with van der Waals surface area (Å²) in [5, 5.41) is 18.1. The molecule has 2 rings (SSSR count). The molecule has 2 unspecified atom stereocenters. The van der Waals surface area contributed by atoms with E-state index in [-0.39, 0.29) is 11.6 Å². The number of carbonyl (C=O) groups is 2. The Morgan fingerprint density at radius 1 is 1.00 bits per heavy atom. The van der Waals surface area contributed by atoms with Crippen LogP contribution in [0.25, 0.3) is 0 Å². The van der Waals surface area contributed by atoms with Crippen molar-refractivity contribution in [3.63, 3.8) is 0 Å². The number of hydrogen-bond donors (Lipinski definition) is 3. The molecule has 2 atom stereocenters. The highest BCUT2D eigenvalue weighted by molar-refractivity contribution is 5.87. The van der Waals surface area contributed by atoms with Crippen molar-refractivity contribution in [2.24, 2.45) is 5.92 Å². The van der Waals surface area contributed by atoms with Gasteiger partial charge >= 0.3 is 11.9 Å². The summed E-state index contributed by atoms with van der Waals surface area (Å²) in [6.45, 7) is 2.04. The van der Waals surface area contributed by atoms with Crippen LogP contribution in [0, 0.1) is 5.92 Å². The minimum absolute atomic E-state index is 0.205. The van der Waals surface area contributed by atoms with Crippen LogP contribution in [-0.2, 0) is 16.2 Å². The standard InChI is InChI=1S/C20H23NO5/c1-14(19(22)23)7-12-18(16-8-10-17(11-9-16)20(24)25)21-26-13-15-5-3-2-4-6-15/h2-6,8-11,14,18,21H,7,12-13H2,1H3,(H,22,23)(H,24,25). The predicted molar refractivity (Wildman–Crippen MR) is 96.5 cm³/mol. The highest BCUT2D eigenvalue weighted by Gasteiger charge is 2.17. The molecule has 138 valence electrons. The summed E-state index contributed by atoms with van der Waals surface area (Å²) in [6.07, 6.45) is 1.02. The number of benzene rings is 2. The Balaban J connectivity index is 2.02. The minimum Gasteiger partial charge on any atom is -0.481 e. The van der Waals surface area contributed by atoms with Crippen molar-refractivity contribution in [2.75, 3.05) is 0 Å². The van der Waals surface area contributed by atoms with Gasteiger partial charge in [0.05, 0.1) is 24.1 Å². The summed E-state index contributed by atoms with van der Waals surface area (Å²) in [7, 11) is 0. The van der Waals surface area contributed by atoms with Crippen molar-refractivity contribution in [2.45, 2.75) is 32.4 Å². The Bertz CT molecular complexity index is 715. The van der Waals surface area contributed by atoms with E-state index in [9.17, 15) is 9.59 Å². The second-order valence-electron chi connectivity index (χ2n) is 6.19. The van der Waals surface area contributed by atoms with E-state index >= 15 is 0 Å². The Labute approximate surface area is 152 Å². The fourth-order valence-electron chi connectivity index (χ4n) is 2.49. The number of hydrogen-bond acceptors (Lipinski definition) is 4. The molecule has 0 aliphatic carbocycles. The molecule has 0 saturated carbocycles. The smallest absolute Gasteiger partial charge is 0.335 e. The normalized spacial score (nSPS) is 13.1. The van der Waals surface area contributed by atoms with Gasteiger partial charge < -0.3 is 10.2 Å². The molecule has 6 heteroatoms. The monoisotopic (exact) mass is 357 g/mol. The van der Waals surface area contributed by atoms with Crippen molar-refractivity contribution in [1.82, 2.24) is 5.48 Å². The molecule has 2 aromatic carbocycles. The maximum atomic E-state index is 11.1. The highest BCUT2D eigenvalue weighted by atomic mass is 16.6. The first-order chi connectivity index (χ1) is 12.5. The van der Waals surface area contributed by atoms with Crippen LogP contribution in [0.15, 0.2) is 54.6 Å². The largest absolute Gasteiger partial charge is 0.481 e. The van der Waals surface area contributed by atoms with Gasteiger partial charge in [0.25, 0.3) is 0 Å². The van der Waals surface area contributed by atoms with Gasteiger partial charge in [0, 0.05) is 0 Å². The summed E-state index contributed by atoms with van der Waals surface area (Å²) in [5.41, 5.74) is 5.05. The zero-order valence-corrected chi connectivity index (χ0v) is 14.6. The van der Waals surface area contributed by atoms with E-state index in [1.165, 1.54) is 12.1 Å². The first kappa shape index (κ1) is 19.6. The molecule has 26 heavy (non-hydrogen) atoms. The Kier molecular flexibility index (Phi) is 7.32. The number of aromatic carboxylic acids is 1. The Morgan fingerprint density at radius 2 is 1.65 bits per heavy atom. The third-order valence-electron chi connectivity index (χ3n) is 4.18.